The van der Waals surface area contributed by atoms with E-state index in [-0.39, 0.29) is 17.5 Å². The van der Waals surface area contributed by atoms with Crippen molar-refractivity contribution in [2.45, 2.75) is 12.8 Å². The van der Waals surface area contributed by atoms with Gasteiger partial charge in [0.25, 0.3) is 11.6 Å². The molecular weight excluding hydrogens is 380 g/mol. The Hall–Kier alpha value is -2.78. The van der Waals surface area contributed by atoms with Gasteiger partial charge in [-0.1, -0.05) is 6.07 Å². The van der Waals surface area contributed by atoms with Crippen LogP contribution in [0.3, 0.4) is 0 Å². The molecule has 9 heteroatoms. The van der Waals surface area contributed by atoms with Crippen molar-refractivity contribution in [3.63, 3.8) is 0 Å². The summed E-state index contributed by atoms with van der Waals surface area (Å²) in [6.45, 7) is 3.49. The summed E-state index contributed by atoms with van der Waals surface area (Å²) in [6, 6.07) is 7.74. The zero-order valence-corrected chi connectivity index (χ0v) is 16.2. The molecule has 0 aliphatic carbocycles. The van der Waals surface area contributed by atoms with E-state index >= 15 is 0 Å². The molecule has 0 saturated carbocycles. The molecule has 1 aromatic carbocycles. The second kappa shape index (κ2) is 9.43. The van der Waals surface area contributed by atoms with E-state index in [0.717, 1.165) is 25.1 Å². The summed E-state index contributed by atoms with van der Waals surface area (Å²) in [5.41, 5.74) is 1.10. The molecule has 2 amide bonds. The number of hydrogen-bond donors (Lipinski definition) is 1. The van der Waals surface area contributed by atoms with Crippen LogP contribution < -0.4 is 5.32 Å². The number of anilines is 1. The summed E-state index contributed by atoms with van der Waals surface area (Å²) in [6.07, 6.45) is 1.16. The lowest BCUT2D eigenvalue weighted by Gasteiger charge is -2.21. The minimum Gasteiger partial charge on any atom is -0.337 e. The molecule has 0 spiro atoms. The Morgan fingerprint density at radius 3 is 2.79 bits per heavy atom. The van der Waals surface area contributed by atoms with E-state index in [1.165, 1.54) is 23.5 Å². The Labute approximate surface area is 166 Å². The van der Waals surface area contributed by atoms with Crippen LogP contribution in [0.1, 0.15) is 23.2 Å². The predicted octanol–water partition coefficient (Wildman–Crippen LogP) is 2.83. The first kappa shape index (κ1) is 20.0. The summed E-state index contributed by atoms with van der Waals surface area (Å²) in [4.78, 5) is 39.0. The average Bonchev–Trinajstić information content (AvgIpc) is 3.12. The zero-order valence-electron chi connectivity index (χ0n) is 15.4. The fourth-order valence-electron chi connectivity index (χ4n) is 3.15. The monoisotopic (exact) mass is 402 g/mol. The highest BCUT2D eigenvalue weighted by Gasteiger charge is 2.21. The van der Waals surface area contributed by atoms with Gasteiger partial charge in [0.05, 0.1) is 10.5 Å². The van der Waals surface area contributed by atoms with E-state index < -0.39 is 4.92 Å². The van der Waals surface area contributed by atoms with Crippen molar-refractivity contribution in [3.8, 4) is 0 Å². The number of carbonyl (C=O) groups is 2. The number of non-ortho nitro benzene ring substituents is 1. The van der Waals surface area contributed by atoms with Gasteiger partial charge in [0.2, 0.25) is 5.91 Å². The third-order valence-electron chi connectivity index (χ3n) is 4.64. The van der Waals surface area contributed by atoms with E-state index in [4.69, 9.17) is 0 Å². The number of nitrogens with zero attached hydrogens (tertiary/aromatic N) is 3. The molecule has 1 aromatic heterocycles. The summed E-state index contributed by atoms with van der Waals surface area (Å²) < 4.78 is 0. The van der Waals surface area contributed by atoms with E-state index in [1.54, 1.807) is 12.1 Å². The van der Waals surface area contributed by atoms with Gasteiger partial charge in [-0.3, -0.25) is 19.7 Å². The number of amides is 2. The van der Waals surface area contributed by atoms with Crippen LogP contribution in [-0.4, -0.2) is 59.3 Å². The van der Waals surface area contributed by atoms with Crippen LogP contribution in [0.5, 0.6) is 0 Å². The van der Waals surface area contributed by atoms with Gasteiger partial charge in [0, 0.05) is 55.8 Å². The van der Waals surface area contributed by atoms with E-state index in [2.05, 4.69) is 10.2 Å². The quantitative estimate of drug-likeness (QED) is 0.592. The summed E-state index contributed by atoms with van der Waals surface area (Å²) >= 11 is 1.51. The molecule has 1 aliphatic rings. The van der Waals surface area contributed by atoms with Crippen LogP contribution in [-0.2, 0) is 4.79 Å². The van der Waals surface area contributed by atoms with Crippen molar-refractivity contribution in [3.05, 3.63) is 56.8 Å². The molecule has 2 heterocycles. The molecule has 3 rings (SSSR count). The minimum absolute atomic E-state index is 0.0549. The highest BCUT2D eigenvalue weighted by atomic mass is 32.1. The molecule has 0 atom stereocenters. The first-order chi connectivity index (χ1) is 13.5. The first-order valence-electron chi connectivity index (χ1n) is 9.11. The van der Waals surface area contributed by atoms with Crippen LogP contribution in [0.2, 0.25) is 0 Å². The molecule has 1 saturated heterocycles. The predicted molar refractivity (Wildman–Crippen MR) is 108 cm³/mol. The largest absolute Gasteiger partial charge is 0.337 e. The fraction of sp³-hybridized carbons (Fsp3) is 0.368. The Morgan fingerprint density at radius 2 is 2.04 bits per heavy atom. The van der Waals surface area contributed by atoms with Crippen LogP contribution in [0, 0.1) is 10.1 Å². The normalized spacial score (nSPS) is 15.1. The van der Waals surface area contributed by atoms with Gasteiger partial charge in [-0.05, 0) is 30.5 Å². The van der Waals surface area contributed by atoms with E-state index in [1.807, 2.05) is 21.7 Å². The maximum atomic E-state index is 12.5. The third kappa shape index (κ3) is 5.37. The average molecular weight is 402 g/mol. The molecule has 148 valence electrons. The fourth-order valence-corrected chi connectivity index (χ4v) is 3.78. The maximum absolute atomic E-state index is 12.5. The number of benzene rings is 1. The smallest absolute Gasteiger partial charge is 0.271 e. The lowest BCUT2D eigenvalue weighted by Crippen LogP contribution is -2.35. The Kier molecular flexibility index (Phi) is 6.72. The van der Waals surface area contributed by atoms with Gasteiger partial charge in [-0.25, -0.2) is 0 Å². The molecule has 2 aromatic rings. The Morgan fingerprint density at radius 1 is 1.18 bits per heavy atom. The van der Waals surface area contributed by atoms with Crippen molar-refractivity contribution >= 4 is 34.5 Å². The van der Waals surface area contributed by atoms with Crippen molar-refractivity contribution in [2.24, 2.45) is 0 Å². The second-order valence-corrected chi connectivity index (χ2v) is 7.39. The second-order valence-electron chi connectivity index (χ2n) is 6.61. The van der Waals surface area contributed by atoms with Gasteiger partial charge < -0.3 is 15.1 Å². The van der Waals surface area contributed by atoms with Crippen molar-refractivity contribution in [1.29, 1.82) is 0 Å². The van der Waals surface area contributed by atoms with Gasteiger partial charge in [0.1, 0.15) is 0 Å². The van der Waals surface area contributed by atoms with Crippen molar-refractivity contribution in [1.82, 2.24) is 9.80 Å². The highest BCUT2D eigenvalue weighted by molar-refractivity contribution is 7.08. The molecule has 1 N–H and O–H groups in total. The van der Waals surface area contributed by atoms with Crippen LogP contribution >= 0.6 is 11.3 Å². The van der Waals surface area contributed by atoms with Gasteiger partial charge >= 0.3 is 0 Å². The summed E-state index contributed by atoms with van der Waals surface area (Å²) in [7, 11) is 0. The van der Waals surface area contributed by atoms with Gasteiger partial charge in [-0.2, -0.15) is 11.3 Å². The summed E-state index contributed by atoms with van der Waals surface area (Å²) in [5.74, 6) is -0.123. The molecule has 8 nitrogen and oxygen atoms in total. The van der Waals surface area contributed by atoms with Crippen LogP contribution in [0.15, 0.2) is 41.1 Å². The van der Waals surface area contributed by atoms with Crippen molar-refractivity contribution < 1.29 is 14.5 Å². The van der Waals surface area contributed by atoms with E-state index in [0.29, 0.717) is 31.7 Å². The van der Waals surface area contributed by atoms with Crippen LogP contribution in [0.25, 0.3) is 0 Å². The molecule has 0 bridgehead atoms. The van der Waals surface area contributed by atoms with Crippen LogP contribution in [0.4, 0.5) is 11.4 Å². The molecule has 28 heavy (non-hydrogen) atoms. The maximum Gasteiger partial charge on any atom is 0.271 e. The topological polar surface area (TPSA) is 95.8 Å². The third-order valence-corrected chi connectivity index (χ3v) is 5.32. The lowest BCUT2D eigenvalue weighted by molar-refractivity contribution is -0.384. The minimum atomic E-state index is -0.490. The zero-order chi connectivity index (χ0) is 19.9. The first-order valence-corrected chi connectivity index (χ1v) is 10.1. The number of nitro groups is 1. The van der Waals surface area contributed by atoms with Crippen molar-refractivity contribution in [2.75, 3.05) is 38.0 Å². The lowest BCUT2D eigenvalue weighted by atomic mass is 10.2. The molecule has 1 fully saturated rings. The molecular formula is C19H22N4O4S. The molecule has 0 radical (unpaired) electrons. The number of carbonyl (C=O) groups excluding carboxylic acids is 2. The number of nitrogens with one attached hydrogen (secondary N) is 1. The standard InChI is InChI=1S/C19H22N4O4S/c24-18(20-16-3-1-4-17(13-16)23(26)27)5-9-21-7-2-8-22(11-10-21)19(25)15-6-12-28-14-15/h1,3-4,6,12-14H,2,5,7-11H2,(H,20,24). The number of hydrogen-bond acceptors (Lipinski definition) is 6. The molecule has 0 unspecified atom stereocenters. The van der Waals surface area contributed by atoms with E-state index in [9.17, 15) is 19.7 Å². The number of rotatable bonds is 6. The summed E-state index contributed by atoms with van der Waals surface area (Å²) in [5, 5.41) is 17.3. The van der Waals surface area contributed by atoms with Gasteiger partial charge in [0.15, 0.2) is 0 Å². The molecule has 1 aliphatic heterocycles. The Balaban J connectivity index is 1.46. The highest BCUT2D eigenvalue weighted by Crippen LogP contribution is 2.17. The Bertz CT molecular complexity index is 840. The number of nitro benzene ring substituents is 1. The van der Waals surface area contributed by atoms with Gasteiger partial charge in [-0.15, -0.1) is 0 Å². The SMILES string of the molecule is O=C(CCN1CCCN(C(=O)c2ccsc2)CC1)Nc1cccc([N+](=O)[O-])c1. The number of thiophene rings is 1.